The van der Waals surface area contributed by atoms with Crippen molar-refractivity contribution >= 4 is 49.3 Å². The predicted octanol–water partition coefficient (Wildman–Crippen LogP) is 6.27. The molecule has 4 aromatic rings. The highest BCUT2D eigenvalue weighted by atomic mass is 32.1. The first-order valence-corrected chi connectivity index (χ1v) is 16.6. The highest BCUT2D eigenvalue weighted by molar-refractivity contribution is 7.22. The zero-order valence-electron chi connectivity index (χ0n) is 26.4. The summed E-state index contributed by atoms with van der Waals surface area (Å²) in [6.07, 6.45) is -1.02. The van der Waals surface area contributed by atoms with Gasteiger partial charge in [-0.25, -0.2) is 26.9 Å². The molecule has 3 aliphatic rings. The van der Waals surface area contributed by atoms with E-state index in [0.717, 1.165) is 42.9 Å². The first kappa shape index (κ1) is 32.4. The van der Waals surface area contributed by atoms with Gasteiger partial charge in [-0.05, 0) is 57.5 Å². The van der Waals surface area contributed by atoms with Gasteiger partial charge in [0.05, 0.1) is 15.8 Å². The van der Waals surface area contributed by atoms with Crippen molar-refractivity contribution in [2.24, 2.45) is 0 Å². The monoisotopic (exact) mass is 687 g/mol. The molecule has 0 bridgehead atoms. The Hall–Kier alpha value is -4.11. The van der Waals surface area contributed by atoms with E-state index in [0.29, 0.717) is 6.54 Å². The smallest absolute Gasteiger partial charge is 0.319 e. The largest absolute Gasteiger partial charge is 0.461 e. The average Bonchev–Trinajstić information content (AvgIpc) is 3.72. The molecule has 254 valence electrons. The number of amides is 1. The van der Waals surface area contributed by atoms with Crippen molar-refractivity contribution in [1.29, 1.82) is 0 Å². The second-order valence-corrected chi connectivity index (χ2v) is 13.9. The topological polar surface area (TPSA) is 101 Å². The van der Waals surface area contributed by atoms with Crippen LogP contribution in [-0.2, 0) is 4.79 Å². The molecule has 2 N–H and O–H groups in total. The van der Waals surface area contributed by atoms with Crippen LogP contribution in [-0.4, -0.2) is 87.2 Å². The number of carbonyl (C=O) groups excluding carboxylic acids is 1. The van der Waals surface area contributed by atoms with Crippen molar-refractivity contribution in [2.75, 3.05) is 43.4 Å². The van der Waals surface area contributed by atoms with E-state index in [1.165, 1.54) is 12.1 Å². The molecule has 0 radical (unpaired) electrons. The van der Waals surface area contributed by atoms with Crippen LogP contribution >= 0.6 is 11.3 Å². The number of nitrogens with two attached hydrogens (primary N) is 1. The Labute approximate surface area is 277 Å². The lowest BCUT2D eigenvalue weighted by Gasteiger charge is -2.44. The summed E-state index contributed by atoms with van der Waals surface area (Å²) >= 11 is 0.829. The molecule has 4 atom stereocenters. The number of halogens is 5. The van der Waals surface area contributed by atoms with E-state index in [4.69, 9.17) is 10.5 Å². The van der Waals surface area contributed by atoms with E-state index in [-0.39, 0.29) is 87.8 Å². The van der Waals surface area contributed by atoms with Gasteiger partial charge in [0.2, 0.25) is 5.91 Å². The van der Waals surface area contributed by atoms with Crippen LogP contribution in [0.1, 0.15) is 45.1 Å². The Morgan fingerprint density at radius 1 is 1.17 bits per heavy atom. The lowest BCUT2D eigenvalue weighted by atomic mass is 9.95. The third kappa shape index (κ3) is 5.31. The van der Waals surface area contributed by atoms with Crippen molar-refractivity contribution in [3.05, 3.63) is 48.1 Å². The number of rotatable bonds is 7. The number of carbonyl (C=O) groups is 1. The Morgan fingerprint density at radius 2 is 1.96 bits per heavy atom. The van der Waals surface area contributed by atoms with Crippen molar-refractivity contribution in [2.45, 2.75) is 63.3 Å². The molecule has 3 aliphatic heterocycles. The number of hydrogen-bond acceptors (Lipinski definition) is 9. The number of piperazine rings is 1. The summed E-state index contributed by atoms with van der Waals surface area (Å²) < 4.78 is 82.1. The number of aromatic nitrogens is 3. The highest BCUT2D eigenvalue weighted by Crippen LogP contribution is 2.45. The van der Waals surface area contributed by atoms with Crippen LogP contribution in [0.2, 0.25) is 0 Å². The summed E-state index contributed by atoms with van der Waals surface area (Å²) in [5, 5.41) is 0.0133. The number of alkyl halides is 3. The van der Waals surface area contributed by atoms with Crippen molar-refractivity contribution in [3.8, 4) is 17.1 Å². The van der Waals surface area contributed by atoms with Crippen LogP contribution in [0.15, 0.2) is 30.9 Å². The SMILES string of the molecule is C=CC(=O)N1CC(C)N(c2nc(OCC34CCCN3CC(F)C4)nc3c(F)c(-c4ccc(F)c5sc(N)nc45)c(C(F)F)cc23)CC1C. The maximum absolute atomic E-state index is 17.0. The summed E-state index contributed by atoms with van der Waals surface area (Å²) in [6, 6.07) is 2.54. The molecule has 5 heterocycles. The molecular weight excluding hydrogens is 653 g/mol. The molecule has 3 fully saturated rings. The van der Waals surface area contributed by atoms with Gasteiger partial charge in [0, 0.05) is 60.2 Å². The molecule has 2 aromatic heterocycles. The zero-order valence-corrected chi connectivity index (χ0v) is 27.2. The van der Waals surface area contributed by atoms with E-state index in [9.17, 15) is 22.4 Å². The molecule has 7 rings (SSSR count). The van der Waals surface area contributed by atoms with Crippen LogP contribution in [0, 0.1) is 11.6 Å². The minimum absolute atomic E-state index is 0.00334. The lowest BCUT2D eigenvalue weighted by molar-refractivity contribution is -0.128. The molecule has 0 aliphatic carbocycles. The van der Waals surface area contributed by atoms with Crippen LogP contribution in [0.3, 0.4) is 0 Å². The van der Waals surface area contributed by atoms with Crippen LogP contribution < -0.4 is 15.4 Å². The minimum atomic E-state index is -3.14. The summed E-state index contributed by atoms with van der Waals surface area (Å²) in [5.74, 6) is -1.84. The zero-order chi connectivity index (χ0) is 34.1. The Kier molecular flexibility index (Phi) is 8.17. The van der Waals surface area contributed by atoms with E-state index in [1.807, 2.05) is 18.7 Å². The quantitative estimate of drug-likeness (QED) is 0.179. The fraction of sp³-hybridized carbons (Fsp3) is 0.455. The first-order valence-electron chi connectivity index (χ1n) is 15.8. The standard InChI is InChI=1S/C33H34F5N7O2S/c1-4-23(46)44-12-17(3)45(13-16(44)2)30-21-10-20(29(37)38)24(19-6-7-22(35)28-27(19)40-31(39)48-28)25(36)26(21)41-32(42-30)47-15-33-8-5-9-43(33)14-18(34)11-33/h4,6-7,10,16-18,29H,1,5,8-9,11-15H2,2-3H3,(H2,39,40). The normalized spacial score (nSPS) is 24.6. The number of nitrogens with zero attached hydrogens (tertiary/aromatic N) is 6. The van der Waals surface area contributed by atoms with Crippen LogP contribution in [0.5, 0.6) is 6.01 Å². The molecule has 48 heavy (non-hydrogen) atoms. The summed E-state index contributed by atoms with van der Waals surface area (Å²) in [6.45, 7) is 8.89. The van der Waals surface area contributed by atoms with Crippen molar-refractivity contribution < 1.29 is 31.5 Å². The second-order valence-electron chi connectivity index (χ2n) is 12.9. The predicted molar refractivity (Wildman–Crippen MR) is 174 cm³/mol. The molecule has 0 saturated carbocycles. The Morgan fingerprint density at radius 3 is 2.71 bits per heavy atom. The molecule has 15 heteroatoms. The maximum atomic E-state index is 17.0. The second kappa shape index (κ2) is 12.1. The van der Waals surface area contributed by atoms with Crippen molar-refractivity contribution in [3.63, 3.8) is 0 Å². The lowest BCUT2D eigenvalue weighted by Crippen LogP contribution is -2.58. The van der Waals surface area contributed by atoms with E-state index in [2.05, 4.69) is 26.4 Å². The van der Waals surface area contributed by atoms with E-state index in [1.54, 1.807) is 4.90 Å². The fourth-order valence-electron chi connectivity index (χ4n) is 7.63. The van der Waals surface area contributed by atoms with Gasteiger partial charge in [0.1, 0.15) is 29.9 Å². The number of anilines is 2. The van der Waals surface area contributed by atoms with E-state index >= 15 is 4.39 Å². The fourth-order valence-corrected chi connectivity index (χ4v) is 8.39. The molecule has 9 nitrogen and oxygen atoms in total. The Bertz CT molecular complexity index is 1940. The number of ether oxygens (including phenoxy) is 1. The molecule has 3 saturated heterocycles. The van der Waals surface area contributed by atoms with Crippen LogP contribution in [0.25, 0.3) is 32.2 Å². The van der Waals surface area contributed by atoms with Gasteiger partial charge in [0.25, 0.3) is 6.43 Å². The average molecular weight is 688 g/mol. The first-order chi connectivity index (χ1) is 22.9. The third-order valence-electron chi connectivity index (χ3n) is 9.88. The van der Waals surface area contributed by atoms with Crippen LogP contribution in [0.4, 0.5) is 32.9 Å². The third-order valence-corrected chi connectivity index (χ3v) is 10.8. The molecule has 2 aromatic carbocycles. The molecular formula is C33H34F5N7O2S. The number of thiazole rings is 1. The maximum Gasteiger partial charge on any atom is 0.319 e. The van der Waals surface area contributed by atoms with Gasteiger partial charge in [-0.3, -0.25) is 9.69 Å². The highest BCUT2D eigenvalue weighted by Gasteiger charge is 2.49. The number of benzene rings is 2. The van der Waals surface area contributed by atoms with Gasteiger partial charge in [-0.1, -0.05) is 17.9 Å². The molecule has 1 amide bonds. The van der Waals surface area contributed by atoms with Gasteiger partial charge in [0.15, 0.2) is 10.9 Å². The summed E-state index contributed by atoms with van der Waals surface area (Å²) in [7, 11) is 0. The summed E-state index contributed by atoms with van der Waals surface area (Å²) in [4.78, 5) is 31.3. The van der Waals surface area contributed by atoms with Gasteiger partial charge in [-0.2, -0.15) is 9.97 Å². The minimum Gasteiger partial charge on any atom is -0.461 e. The molecule has 0 spiro atoms. The number of fused-ring (bicyclic) bond motifs is 3. The van der Waals surface area contributed by atoms with E-state index < -0.39 is 40.9 Å². The van der Waals surface area contributed by atoms with Gasteiger partial charge < -0.3 is 20.3 Å². The van der Waals surface area contributed by atoms with Crippen molar-refractivity contribution in [1.82, 2.24) is 24.8 Å². The van der Waals surface area contributed by atoms with Gasteiger partial charge in [-0.15, -0.1) is 0 Å². The molecule has 4 unspecified atom stereocenters. The Balaban J connectivity index is 1.41. The number of nitrogen functional groups attached to an aromatic ring is 1. The van der Waals surface area contributed by atoms with Gasteiger partial charge >= 0.3 is 6.01 Å². The summed E-state index contributed by atoms with van der Waals surface area (Å²) in [5.41, 5.74) is 3.77. The number of hydrogen-bond donors (Lipinski definition) is 1.